The van der Waals surface area contributed by atoms with Gasteiger partial charge in [-0.1, -0.05) is 39.7 Å². The van der Waals surface area contributed by atoms with Gasteiger partial charge in [0.1, 0.15) is 11.6 Å². The first-order chi connectivity index (χ1) is 8.65. The summed E-state index contributed by atoms with van der Waals surface area (Å²) in [4.78, 5) is 0. The molecule has 0 aliphatic heterocycles. The van der Waals surface area contributed by atoms with Gasteiger partial charge in [0.2, 0.25) is 0 Å². The summed E-state index contributed by atoms with van der Waals surface area (Å²) in [6.07, 6.45) is 0.715. The Morgan fingerprint density at radius 2 is 1.83 bits per heavy atom. The number of halogens is 3. The highest BCUT2D eigenvalue weighted by molar-refractivity contribution is 9.10. The van der Waals surface area contributed by atoms with Gasteiger partial charge in [-0.05, 0) is 35.9 Å². The molecule has 0 unspecified atom stereocenters. The molecule has 0 saturated heterocycles. The van der Waals surface area contributed by atoms with Crippen molar-refractivity contribution < 1.29 is 9.13 Å². The summed E-state index contributed by atoms with van der Waals surface area (Å²) in [5.74, 6) is 0.428. The van der Waals surface area contributed by atoms with Crippen LogP contribution in [0.4, 0.5) is 4.39 Å². The van der Waals surface area contributed by atoms with E-state index in [2.05, 4.69) is 15.9 Å². The average molecular weight is 330 g/mol. The molecule has 0 bridgehead atoms. The van der Waals surface area contributed by atoms with Crippen LogP contribution in [-0.2, 0) is 6.42 Å². The summed E-state index contributed by atoms with van der Waals surface area (Å²) in [6.45, 7) is 0.507. The van der Waals surface area contributed by atoms with Gasteiger partial charge >= 0.3 is 0 Å². The first-order valence-corrected chi connectivity index (χ1v) is 6.64. The van der Waals surface area contributed by atoms with Crippen molar-refractivity contribution in [2.75, 3.05) is 6.61 Å². The Hall–Kier alpha value is -1.06. The lowest BCUT2D eigenvalue weighted by molar-refractivity contribution is 0.322. The summed E-state index contributed by atoms with van der Waals surface area (Å²) < 4.78 is 19.2. The molecule has 0 N–H and O–H groups in total. The van der Waals surface area contributed by atoms with E-state index < -0.39 is 0 Å². The highest BCUT2D eigenvalue weighted by Crippen LogP contribution is 2.27. The maximum absolute atomic E-state index is 12.7. The van der Waals surface area contributed by atoms with Crippen LogP contribution in [0.15, 0.2) is 46.9 Å². The number of rotatable bonds is 4. The van der Waals surface area contributed by atoms with E-state index in [4.69, 9.17) is 16.3 Å². The van der Waals surface area contributed by atoms with Crippen LogP contribution in [-0.4, -0.2) is 6.61 Å². The molecule has 2 aromatic rings. The molecule has 0 radical (unpaired) electrons. The van der Waals surface area contributed by atoms with E-state index in [1.54, 1.807) is 18.2 Å². The van der Waals surface area contributed by atoms with Crippen LogP contribution >= 0.6 is 27.5 Å². The third kappa shape index (κ3) is 3.72. The summed E-state index contributed by atoms with van der Waals surface area (Å²) in [7, 11) is 0. The van der Waals surface area contributed by atoms with Crippen molar-refractivity contribution in [3.8, 4) is 5.75 Å². The summed E-state index contributed by atoms with van der Waals surface area (Å²) >= 11 is 9.36. The molecule has 0 spiro atoms. The normalized spacial score (nSPS) is 10.4. The van der Waals surface area contributed by atoms with Gasteiger partial charge in [0.25, 0.3) is 0 Å². The fraction of sp³-hybridized carbons (Fsp3) is 0.143. The quantitative estimate of drug-likeness (QED) is 0.778. The molecule has 0 atom stereocenters. The average Bonchev–Trinajstić information content (AvgIpc) is 2.34. The Morgan fingerprint density at radius 3 is 2.50 bits per heavy atom. The molecule has 4 heteroatoms. The molecular weight excluding hydrogens is 319 g/mol. The minimum atomic E-state index is -0.226. The Labute approximate surface area is 119 Å². The molecule has 0 amide bonds. The topological polar surface area (TPSA) is 9.23 Å². The maximum Gasteiger partial charge on any atom is 0.137 e. The van der Waals surface area contributed by atoms with Gasteiger partial charge in [-0.2, -0.15) is 0 Å². The molecule has 94 valence electrons. The number of hydrogen-bond acceptors (Lipinski definition) is 1. The maximum atomic E-state index is 12.7. The van der Waals surface area contributed by atoms with Crippen LogP contribution in [0.2, 0.25) is 5.02 Å². The fourth-order valence-electron chi connectivity index (χ4n) is 1.52. The Kier molecular flexibility index (Phi) is 4.61. The van der Waals surface area contributed by atoms with Gasteiger partial charge in [0, 0.05) is 10.9 Å². The molecule has 0 aromatic heterocycles. The minimum absolute atomic E-state index is 0.226. The largest absolute Gasteiger partial charge is 0.492 e. The summed E-state index contributed by atoms with van der Waals surface area (Å²) in [5.41, 5.74) is 1.03. The Morgan fingerprint density at radius 1 is 1.11 bits per heavy atom. The molecule has 2 rings (SSSR count). The Balaban J connectivity index is 1.90. The third-order valence-electron chi connectivity index (χ3n) is 2.46. The van der Waals surface area contributed by atoms with Crippen molar-refractivity contribution in [2.24, 2.45) is 0 Å². The van der Waals surface area contributed by atoms with Crippen LogP contribution in [0.5, 0.6) is 5.75 Å². The standard InChI is InChI=1S/C14H11BrClFO/c15-11-3-6-14(13(16)9-11)18-8-7-10-1-4-12(17)5-2-10/h1-6,9H,7-8H2. The molecule has 0 aliphatic rings. The summed E-state index contributed by atoms with van der Waals surface area (Å²) in [6, 6.07) is 11.9. The van der Waals surface area contributed by atoms with Crippen molar-refractivity contribution >= 4 is 27.5 Å². The molecule has 0 saturated carbocycles. The number of ether oxygens (including phenoxy) is 1. The van der Waals surface area contributed by atoms with Gasteiger partial charge in [-0.15, -0.1) is 0 Å². The lowest BCUT2D eigenvalue weighted by atomic mass is 10.2. The van der Waals surface area contributed by atoms with Gasteiger partial charge in [-0.25, -0.2) is 4.39 Å². The van der Waals surface area contributed by atoms with Crippen molar-refractivity contribution in [3.05, 3.63) is 63.3 Å². The van der Waals surface area contributed by atoms with E-state index >= 15 is 0 Å². The number of hydrogen-bond donors (Lipinski definition) is 0. The van der Waals surface area contributed by atoms with E-state index in [-0.39, 0.29) is 5.82 Å². The lowest BCUT2D eigenvalue weighted by Gasteiger charge is -2.08. The van der Waals surface area contributed by atoms with E-state index in [1.807, 2.05) is 12.1 Å². The zero-order valence-electron chi connectivity index (χ0n) is 9.50. The van der Waals surface area contributed by atoms with Crippen LogP contribution < -0.4 is 4.74 Å². The fourth-order valence-corrected chi connectivity index (χ4v) is 2.25. The van der Waals surface area contributed by atoms with Crippen LogP contribution in [0.1, 0.15) is 5.56 Å². The van der Waals surface area contributed by atoms with Crippen LogP contribution in [0.25, 0.3) is 0 Å². The monoisotopic (exact) mass is 328 g/mol. The molecule has 0 fully saturated rings. The lowest BCUT2D eigenvalue weighted by Crippen LogP contribution is -2.01. The van der Waals surface area contributed by atoms with E-state index in [1.165, 1.54) is 12.1 Å². The highest BCUT2D eigenvalue weighted by atomic mass is 79.9. The second kappa shape index (κ2) is 6.21. The second-order valence-corrected chi connectivity index (χ2v) is 5.12. The van der Waals surface area contributed by atoms with Crippen molar-refractivity contribution in [2.45, 2.75) is 6.42 Å². The first-order valence-electron chi connectivity index (χ1n) is 5.47. The van der Waals surface area contributed by atoms with Crippen molar-refractivity contribution in [1.82, 2.24) is 0 Å². The molecular formula is C14H11BrClFO. The van der Waals surface area contributed by atoms with Gasteiger partial charge in [0.05, 0.1) is 11.6 Å². The van der Waals surface area contributed by atoms with Gasteiger partial charge in [-0.3, -0.25) is 0 Å². The minimum Gasteiger partial charge on any atom is -0.492 e. The van der Waals surface area contributed by atoms with Gasteiger partial charge < -0.3 is 4.74 Å². The SMILES string of the molecule is Fc1ccc(CCOc2ccc(Br)cc2Cl)cc1. The smallest absolute Gasteiger partial charge is 0.137 e. The van der Waals surface area contributed by atoms with E-state index in [0.29, 0.717) is 23.8 Å². The molecule has 0 aliphatic carbocycles. The van der Waals surface area contributed by atoms with E-state index in [9.17, 15) is 4.39 Å². The third-order valence-corrected chi connectivity index (χ3v) is 3.24. The second-order valence-electron chi connectivity index (χ2n) is 3.80. The predicted molar refractivity (Wildman–Crippen MR) is 74.8 cm³/mol. The zero-order chi connectivity index (χ0) is 13.0. The van der Waals surface area contributed by atoms with Crippen molar-refractivity contribution in [3.63, 3.8) is 0 Å². The molecule has 18 heavy (non-hydrogen) atoms. The molecule has 1 nitrogen and oxygen atoms in total. The number of benzene rings is 2. The highest BCUT2D eigenvalue weighted by Gasteiger charge is 2.02. The van der Waals surface area contributed by atoms with Crippen molar-refractivity contribution in [1.29, 1.82) is 0 Å². The zero-order valence-corrected chi connectivity index (χ0v) is 11.8. The molecule has 0 heterocycles. The van der Waals surface area contributed by atoms with Gasteiger partial charge in [0.15, 0.2) is 0 Å². The first kappa shape index (κ1) is 13.4. The molecule has 2 aromatic carbocycles. The van der Waals surface area contributed by atoms with Crippen LogP contribution in [0, 0.1) is 5.82 Å². The Bertz CT molecular complexity index is 528. The van der Waals surface area contributed by atoms with E-state index in [0.717, 1.165) is 10.0 Å². The van der Waals surface area contributed by atoms with Crippen LogP contribution in [0.3, 0.4) is 0 Å². The predicted octanol–water partition coefficient (Wildman–Crippen LogP) is 4.86. The summed E-state index contributed by atoms with van der Waals surface area (Å²) in [5, 5.41) is 0.573.